The van der Waals surface area contributed by atoms with Gasteiger partial charge in [-0.1, -0.05) is 47.0 Å². The summed E-state index contributed by atoms with van der Waals surface area (Å²) in [4.78, 5) is 17.9. The number of pyridine rings is 2. The fourth-order valence-corrected chi connectivity index (χ4v) is 5.55. The van der Waals surface area contributed by atoms with Crippen LogP contribution in [0, 0.1) is 41.5 Å². The summed E-state index contributed by atoms with van der Waals surface area (Å²) < 4.78 is 0. The maximum absolute atomic E-state index is 6.55. The lowest BCUT2D eigenvalue weighted by atomic mass is 9.91. The second-order valence-corrected chi connectivity index (χ2v) is 10.0. The molecule has 0 aliphatic heterocycles. The number of hydrogen-bond donors (Lipinski definition) is 1. The Morgan fingerprint density at radius 2 is 1.31 bits per heavy atom. The van der Waals surface area contributed by atoms with Gasteiger partial charge in [-0.25, -0.2) is 4.98 Å². The van der Waals surface area contributed by atoms with Crippen LogP contribution in [0.4, 0.5) is 0 Å². The molecule has 0 fully saturated rings. The normalized spacial score (nSPS) is 11.2. The van der Waals surface area contributed by atoms with Crippen LogP contribution in [0.5, 0.6) is 0 Å². The molecule has 4 nitrogen and oxygen atoms in total. The number of aromatic nitrogens is 4. The molecule has 0 amide bonds. The summed E-state index contributed by atoms with van der Waals surface area (Å²) in [6.07, 6.45) is 5.21. The number of nitrogens with one attached hydrogen (secondary N) is 1. The molecule has 36 heavy (non-hydrogen) atoms. The molecule has 5 rings (SSSR count). The van der Waals surface area contributed by atoms with Crippen molar-refractivity contribution >= 4 is 11.6 Å². The summed E-state index contributed by atoms with van der Waals surface area (Å²) in [6, 6.07) is 14.6. The molecule has 2 aromatic carbocycles. The second kappa shape index (κ2) is 9.36. The SMILES string of the molecule is Cc1cc(C)c(-c2nc(-c3cccnc3-c3cnccc3Cl)[nH]c2-c2c(C)cc(C)cc2C)c(C)c1. The van der Waals surface area contributed by atoms with Crippen molar-refractivity contribution in [2.45, 2.75) is 41.5 Å². The van der Waals surface area contributed by atoms with Crippen LogP contribution in [0.15, 0.2) is 61.1 Å². The van der Waals surface area contributed by atoms with E-state index in [0.717, 1.165) is 39.6 Å². The third-order valence-corrected chi connectivity index (χ3v) is 6.96. The minimum atomic E-state index is 0.604. The van der Waals surface area contributed by atoms with E-state index in [9.17, 15) is 0 Å². The first-order valence-corrected chi connectivity index (χ1v) is 12.4. The van der Waals surface area contributed by atoms with Gasteiger partial charge in [0.15, 0.2) is 0 Å². The number of hydrogen-bond acceptors (Lipinski definition) is 3. The first kappa shape index (κ1) is 24.0. The van der Waals surface area contributed by atoms with E-state index in [4.69, 9.17) is 16.6 Å². The third-order valence-electron chi connectivity index (χ3n) is 6.63. The highest BCUT2D eigenvalue weighted by Crippen LogP contribution is 2.41. The number of rotatable bonds is 4. The number of halogens is 1. The van der Waals surface area contributed by atoms with Crippen LogP contribution in [0.2, 0.25) is 5.02 Å². The average molecular weight is 493 g/mol. The van der Waals surface area contributed by atoms with Gasteiger partial charge in [0, 0.05) is 40.8 Å². The topological polar surface area (TPSA) is 54.5 Å². The number of benzene rings is 2. The smallest absolute Gasteiger partial charge is 0.140 e. The number of nitrogens with zero attached hydrogens (tertiary/aromatic N) is 3. The van der Waals surface area contributed by atoms with Crippen molar-refractivity contribution in [1.29, 1.82) is 0 Å². The molecule has 0 aliphatic rings. The lowest BCUT2D eigenvalue weighted by molar-refractivity contribution is 1.24. The molecule has 0 unspecified atom stereocenters. The summed E-state index contributed by atoms with van der Waals surface area (Å²) in [7, 11) is 0. The van der Waals surface area contributed by atoms with E-state index in [1.165, 1.54) is 38.9 Å². The van der Waals surface area contributed by atoms with Crippen LogP contribution < -0.4 is 0 Å². The molecule has 0 saturated heterocycles. The molecule has 5 aromatic rings. The Bertz CT molecular complexity index is 1490. The predicted molar refractivity (Wildman–Crippen MR) is 149 cm³/mol. The summed E-state index contributed by atoms with van der Waals surface area (Å²) in [5, 5.41) is 0.604. The van der Waals surface area contributed by atoms with Crippen LogP contribution in [0.1, 0.15) is 33.4 Å². The van der Waals surface area contributed by atoms with Gasteiger partial charge in [-0.2, -0.15) is 0 Å². The van der Waals surface area contributed by atoms with E-state index in [-0.39, 0.29) is 0 Å². The van der Waals surface area contributed by atoms with Crippen molar-refractivity contribution in [3.05, 3.63) is 99.5 Å². The molecule has 0 spiro atoms. The van der Waals surface area contributed by atoms with Crippen molar-refractivity contribution in [2.75, 3.05) is 0 Å². The Morgan fingerprint density at radius 3 is 1.92 bits per heavy atom. The highest BCUT2D eigenvalue weighted by Gasteiger charge is 2.23. The van der Waals surface area contributed by atoms with E-state index in [1.807, 2.05) is 12.1 Å². The van der Waals surface area contributed by atoms with Gasteiger partial charge < -0.3 is 4.98 Å². The van der Waals surface area contributed by atoms with Crippen LogP contribution in [0.25, 0.3) is 45.2 Å². The van der Waals surface area contributed by atoms with Gasteiger partial charge in [-0.3, -0.25) is 9.97 Å². The molecular weight excluding hydrogens is 464 g/mol. The highest BCUT2D eigenvalue weighted by atomic mass is 35.5. The van der Waals surface area contributed by atoms with Crippen LogP contribution in [-0.2, 0) is 0 Å². The van der Waals surface area contributed by atoms with E-state index in [1.54, 1.807) is 24.7 Å². The van der Waals surface area contributed by atoms with Crippen LogP contribution in [0.3, 0.4) is 0 Å². The Labute approximate surface area is 217 Å². The lowest BCUT2D eigenvalue weighted by Gasteiger charge is -2.14. The van der Waals surface area contributed by atoms with Crippen LogP contribution >= 0.6 is 11.6 Å². The van der Waals surface area contributed by atoms with Gasteiger partial charge in [0.25, 0.3) is 0 Å². The highest BCUT2D eigenvalue weighted by molar-refractivity contribution is 6.33. The molecule has 3 aromatic heterocycles. The summed E-state index contributed by atoms with van der Waals surface area (Å²) in [5.41, 5.74) is 14.0. The monoisotopic (exact) mass is 492 g/mol. The standard InChI is InChI=1S/C31H29ClN4/c1-17-12-19(3)26(20(4)13-17)29-30(27-21(5)14-18(2)15-22(27)6)36-31(35-29)23-8-7-10-34-28(23)24-16-33-11-9-25(24)32/h7-16H,1-6H3,(H,35,36). The zero-order valence-corrected chi connectivity index (χ0v) is 22.2. The first-order valence-electron chi connectivity index (χ1n) is 12.1. The number of aryl methyl sites for hydroxylation is 6. The van der Waals surface area contributed by atoms with E-state index in [2.05, 4.69) is 80.8 Å². The molecule has 0 saturated carbocycles. The number of imidazole rings is 1. The van der Waals surface area contributed by atoms with Crippen molar-refractivity contribution < 1.29 is 0 Å². The molecule has 1 N–H and O–H groups in total. The molecular formula is C31H29ClN4. The molecule has 0 aliphatic carbocycles. The minimum Gasteiger partial charge on any atom is -0.337 e. The Hall–Kier alpha value is -3.76. The van der Waals surface area contributed by atoms with Crippen LogP contribution in [-0.4, -0.2) is 19.9 Å². The lowest BCUT2D eigenvalue weighted by Crippen LogP contribution is -1.96. The summed E-state index contributed by atoms with van der Waals surface area (Å²) in [6.45, 7) is 12.9. The van der Waals surface area contributed by atoms with Gasteiger partial charge in [-0.05, 0) is 82.0 Å². The maximum atomic E-state index is 6.55. The third kappa shape index (κ3) is 4.22. The quantitative estimate of drug-likeness (QED) is 0.274. The molecule has 5 heteroatoms. The van der Waals surface area contributed by atoms with E-state index >= 15 is 0 Å². The van der Waals surface area contributed by atoms with Gasteiger partial charge in [-0.15, -0.1) is 0 Å². The summed E-state index contributed by atoms with van der Waals surface area (Å²) in [5.74, 6) is 0.752. The average Bonchev–Trinajstić information content (AvgIpc) is 3.22. The predicted octanol–water partition coefficient (Wildman–Crippen LogP) is 8.37. The molecule has 0 bridgehead atoms. The second-order valence-electron chi connectivity index (χ2n) is 9.61. The molecule has 180 valence electrons. The maximum Gasteiger partial charge on any atom is 0.140 e. The fourth-order valence-electron chi connectivity index (χ4n) is 5.35. The van der Waals surface area contributed by atoms with E-state index in [0.29, 0.717) is 5.02 Å². The van der Waals surface area contributed by atoms with Gasteiger partial charge >= 0.3 is 0 Å². The van der Waals surface area contributed by atoms with Crippen molar-refractivity contribution in [3.63, 3.8) is 0 Å². The Kier molecular flexibility index (Phi) is 6.23. The molecule has 3 heterocycles. The first-order chi connectivity index (χ1) is 17.2. The Morgan fingerprint density at radius 1 is 0.694 bits per heavy atom. The van der Waals surface area contributed by atoms with Crippen molar-refractivity contribution in [3.8, 4) is 45.2 Å². The zero-order valence-electron chi connectivity index (χ0n) is 21.5. The van der Waals surface area contributed by atoms with Gasteiger partial charge in [0.1, 0.15) is 5.82 Å². The zero-order chi connectivity index (χ0) is 25.6. The van der Waals surface area contributed by atoms with Crippen molar-refractivity contribution in [2.24, 2.45) is 0 Å². The Balaban J connectivity index is 1.83. The largest absolute Gasteiger partial charge is 0.337 e. The number of H-pyrrole nitrogens is 1. The van der Waals surface area contributed by atoms with Gasteiger partial charge in [0.05, 0.1) is 22.1 Å². The minimum absolute atomic E-state index is 0.604. The number of aromatic amines is 1. The van der Waals surface area contributed by atoms with E-state index < -0.39 is 0 Å². The summed E-state index contributed by atoms with van der Waals surface area (Å²) >= 11 is 6.55. The molecule has 0 radical (unpaired) electrons. The molecule has 0 atom stereocenters. The van der Waals surface area contributed by atoms with Gasteiger partial charge in [0.2, 0.25) is 0 Å². The van der Waals surface area contributed by atoms with Crippen molar-refractivity contribution in [1.82, 2.24) is 19.9 Å². The fraction of sp³-hybridized carbons (Fsp3) is 0.194.